The first kappa shape index (κ1) is 29.5. The van der Waals surface area contributed by atoms with Crippen LogP contribution in [0.2, 0.25) is 0 Å². The first-order valence-corrected chi connectivity index (χ1v) is 17.0. The van der Waals surface area contributed by atoms with Gasteiger partial charge in [0.25, 0.3) is 0 Å². The van der Waals surface area contributed by atoms with Crippen LogP contribution in [0.3, 0.4) is 0 Å². The lowest BCUT2D eigenvalue weighted by atomic mass is 9.96. The maximum atomic E-state index is 5.27. The van der Waals surface area contributed by atoms with Gasteiger partial charge in [0.15, 0.2) is 5.82 Å². The average molecular weight is 637 g/mol. The molecule has 9 rings (SSSR count). The molecule has 0 unspecified atom stereocenters. The van der Waals surface area contributed by atoms with E-state index in [2.05, 4.69) is 188 Å². The smallest absolute Gasteiger partial charge is 0.160 e. The molecule has 0 spiro atoms. The maximum Gasteiger partial charge on any atom is 0.160 e. The van der Waals surface area contributed by atoms with E-state index < -0.39 is 0 Å². The highest BCUT2D eigenvalue weighted by molar-refractivity contribution is 6.12. The number of fused-ring (bicyclic) bond motifs is 3. The van der Waals surface area contributed by atoms with Gasteiger partial charge >= 0.3 is 0 Å². The first-order chi connectivity index (χ1) is 24.8. The standard InChI is InChI=1S/C48H32N2/c1-3-11-33(12-4-1)35-21-25-38(26-22-35)47-46-44-20-8-7-15-37(44)29-30-45(46)49-48(50-47)39-27-23-36(24-28-39)41-17-10-19-43(32-41)42-18-9-16-40(31-42)34-13-5-2-6-14-34/h1-32H. The second kappa shape index (κ2) is 12.8. The summed E-state index contributed by atoms with van der Waals surface area (Å²) in [5, 5.41) is 3.41. The molecule has 2 heteroatoms. The van der Waals surface area contributed by atoms with E-state index in [9.17, 15) is 0 Å². The molecule has 1 aromatic heterocycles. The van der Waals surface area contributed by atoms with E-state index in [1.807, 2.05) is 6.07 Å². The first-order valence-electron chi connectivity index (χ1n) is 17.0. The molecular weight excluding hydrogens is 605 g/mol. The van der Waals surface area contributed by atoms with Crippen LogP contribution in [0.1, 0.15) is 0 Å². The van der Waals surface area contributed by atoms with Crippen LogP contribution in [0.5, 0.6) is 0 Å². The molecular formula is C48H32N2. The monoisotopic (exact) mass is 636 g/mol. The molecule has 1 heterocycles. The van der Waals surface area contributed by atoms with Gasteiger partial charge < -0.3 is 0 Å². The van der Waals surface area contributed by atoms with Crippen LogP contribution >= 0.6 is 0 Å². The van der Waals surface area contributed by atoms with Gasteiger partial charge in [-0.25, -0.2) is 9.97 Å². The van der Waals surface area contributed by atoms with Crippen LogP contribution in [0.15, 0.2) is 194 Å². The summed E-state index contributed by atoms with van der Waals surface area (Å²) in [5.74, 6) is 0.716. The molecule has 2 nitrogen and oxygen atoms in total. The van der Waals surface area contributed by atoms with E-state index in [4.69, 9.17) is 9.97 Å². The Bertz CT molecular complexity index is 2610. The summed E-state index contributed by atoms with van der Waals surface area (Å²) in [6, 6.07) is 68.7. The van der Waals surface area contributed by atoms with Gasteiger partial charge in [0.1, 0.15) is 0 Å². The summed E-state index contributed by atoms with van der Waals surface area (Å²) >= 11 is 0. The van der Waals surface area contributed by atoms with Crippen molar-refractivity contribution in [3.63, 3.8) is 0 Å². The summed E-state index contributed by atoms with van der Waals surface area (Å²) in [6.07, 6.45) is 0. The summed E-state index contributed by atoms with van der Waals surface area (Å²) in [5.41, 5.74) is 13.5. The molecule has 0 aliphatic heterocycles. The Morgan fingerprint density at radius 3 is 1.34 bits per heavy atom. The van der Waals surface area contributed by atoms with Gasteiger partial charge in [0.2, 0.25) is 0 Å². The SMILES string of the molecule is c1ccc(-c2ccc(-c3nc(-c4ccc(-c5cccc(-c6cccc(-c7ccccc7)c6)c5)cc4)nc4ccc5ccccc5c34)cc2)cc1. The van der Waals surface area contributed by atoms with Crippen LogP contribution in [-0.2, 0) is 0 Å². The molecule has 0 bridgehead atoms. The second-order valence-corrected chi connectivity index (χ2v) is 12.6. The number of hydrogen-bond donors (Lipinski definition) is 0. The number of rotatable bonds is 6. The van der Waals surface area contributed by atoms with Crippen molar-refractivity contribution in [1.29, 1.82) is 0 Å². The zero-order valence-electron chi connectivity index (χ0n) is 27.4. The number of benzene rings is 8. The average Bonchev–Trinajstić information content (AvgIpc) is 3.21. The molecule has 0 atom stereocenters. The molecule has 0 radical (unpaired) electrons. The van der Waals surface area contributed by atoms with E-state index in [0.29, 0.717) is 5.82 Å². The summed E-state index contributed by atoms with van der Waals surface area (Å²) in [6.45, 7) is 0. The fourth-order valence-corrected chi connectivity index (χ4v) is 6.89. The normalized spacial score (nSPS) is 11.2. The third kappa shape index (κ3) is 5.63. The zero-order valence-corrected chi connectivity index (χ0v) is 27.4. The van der Waals surface area contributed by atoms with E-state index in [1.165, 1.54) is 44.3 Å². The third-order valence-corrected chi connectivity index (χ3v) is 9.50. The molecule has 0 amide bonds. The molecule has 0 aliphatic rings. The molecule has 234 valence electrons. The number of nitrogens with zero attached hydrogens (tertiary/aromatic N) is 2. The van der Waals surface area contributed by atoms with Gasteiger partial charge in [-0.15, -0.1) is 0 Å². The van der Waals surface area contributed by atoms with Crippen molar-refractivity contribution in [2.24, 2.45) is 0 Å². The molecule has 0 fully saturated rings. The molecule has 50 heavy (non-hydrogen) atoms. The van der Waals surface area contributed by atoms with Crippen molar-refractivity contribution < 1.29 is 0 Å². The zero-order chi connectivity index (χ0) is 33.3. The van der Waals surface area contributed by atoms with E-state index in [1.54, 1.807) is 0 Å². The Kier molecular flexibility index (Phi) is 7.53. The van der Waals surface area contributed by atoms with Gasteiger partial charge in [0.05, 0.1) is 11.2 Å². The van der Waals surface area contributed by atoms with Gasteiger partial charge in [-0.1, -0.05) is 176 Å². The Balaban J connectivity index is 1.09. The predicted molar refractivity (Wildman–Crippen MR) is 210 cm³/mol. The lowest BCUT2D eigenvalue weighted by Gasteiger charge is -2.13. The topological polar surface area (TPSA) is 25.8 Å². The van der Waals surface area contributed by atoms with Gasteiger partial charge in [-0.3, -0.25) is 0 Å². The van der Waals surface area contributed by atoms with Crippen LogP contribution in [0.25, 0.3) is 88.8 Å². The summed E-state index contributed by atoms with van der Waals surface area (Å²) in [7, 11) is 0. The van der Waals surface area contributed by atoms with Gasteiger partial charge in [-0.05, 0) is 73.5 Å². The fraction of sp³-hybridized carbons (Fsp3) is 0. The number of hydrogen-bond acceptors (Lipinski definition) is 2. The highest BCUT2D eigenvalue weighted by Gasteiger charge is 2.15. The lowest BCUT2D eigenvalue weighted by Crippen LogP contribution is -1.96. The molecule has 0 saturated carbocycles. The van der Waals surface area contributed by atoms with Crippen molar-refractivity contribution >= 4 is 21.7 Å². The minimum atomic E-state index is 0.716. The molecule has 0 saturated heterocycles. The molecule has 8 aromatic carbocycles. The Labute approximate surface area is 292 Å². The van der Waals surface area contributed by atoms with Crippen molar-refractivity contribution in [2.45, 2.75) is 0 Å². The lowest BCUT2D eigenvalue weighted by molar-refractivity contribution is 1.23. The molecule has 0 aliphatic carbocycles. The molecule has 0 N–H and O–H groups in total. The van der Waals surface area contributed by atoms with Crippen LogP contribution in [0, 0.1) is 0 Å². The Hall–Kier alpha value is -6.64. The third-order valence-electron chi connectivity index (χ3n) is 9.50. The van der Waals surface area contributed by atoms with Crippen molar-refractivity contribution in [2.75, 3.05) is 0 Å². The maximum absolute atomic E-state index is 5.27. The van der Waals surface area contributed by atoms with Crippen molar-refractivity contribution in [3.05, 3.63) is 194 Å². The van der Waals surface area contributed by atoms with Crippen molar-refractivity contribution in [3.8, 4) is 67.2 Å². The van der Waals surface area contributed by atoms with Crippen molar-refractivity contribution in [1.82, 2.24) is 9.97 Å². The minimum Gasteiger partial charge on any atom is -0.228 e. The highest BCUT2D eigenvalue weighted by atomic mass is 14.9. The van der Waals surface area contributed by atoms with Crippen LogP contribution < -0.4 is 0 Å². The van der Waals surface area contributed by atoms with E-state index >= 15 is 0 Å². The minimum absolute atomic E-state index is 0.716. The van der Waals surface area contributed by atoms with E-state index in [-0.39, 0.29) is 0 Å². The Morgan fingerprint density at radius 1 is 0.280 bits per heavy atom. The van der Waals surface area contributed by atoms with Crippen LogP contribution in [0.4, 0.5) is 0 Å². The fourth-order valence-electron chi connectivity index (χ4n) is 6.89. The largest absolute Gasteiger partial charge is 0.228 e. The Morgan fingerprint density at radius 2 is 0.720 bits per heavy atom. The predicted octanol–water partition coefficient (Wildman–Crippen LogP) is 12.8. The second-order valence-electron chi connectivity index (χ2n) is 12.6. The summed E-state index contributed by atoms with van der Waals surface area (Å²) < 4.78 is 0. The number of aromatic nitrogens is 2. The molecule has 9 aromatic rings. The van der Waals surface area contributed by atoms with E-state index in [0.717, 1.165) is 38.7 Å². The van der Waals surface area contributed by atoms with Gasteiger partial charge in [0, 0.05) is 16.5 Å². The quantitative estimate of drug-likeness (QED) is 0.170. The highest BCUT2D eigenvalue weighted by Crippen LogP contribution is 2.36. The van der Waals surface area contributed by atoms with Crippen LogP contribution in [-0.4, -0.2) is 9.97 Å². The summed E-state index contributed by atoms with van der Waals surface area (Å²) in [4.78, 5) is 10.4. The van der Waals surface area contributed by atoms with Gasteiger partial charge in [-0.2, -0.15) is 0 Å².